The summed E-state index contributed by atoms with van der Waals surface area (Å²) in [6, 6.07) is 15.9. The van der Waals surface area contributed by atoms with E-state index in [1.165, 1.54) is 5.56 Å². The van der Waals surface area contributed by atoms with Crippen LogP contribution in [0, 0.1) is 6.92 Å². The smallest absolute Gasteiger partial charge is 0.130 e. The maximum atomic E-state index is 10.5. The van der Waals surface area contributed by atoms with Gasteiger partial charge in [-0.2, -0.15) is 0 Å². The van der Waals surface area contributed by atoms with Crippen LogP contribution < -0.4 is 0 Å². The summed E-state index contributed by atoms with van der Waals surface area (Å²) in [4.78, 5) is 4.40. The minimum absolute atomic E-state index is 0.455. The first-order valence-corrected chi connectivity index (χ1v) is 7.63. The normalized spacial score (nSPS) is 11.9. The molecule has 0 aliphatic heterocycles. The Labute approximate surface area is 135 Å². The first-order chi connectivity index (χ1) is 10.4. The average Bonchev–Trinajstić information content (AvgIpc) is 2.46. The van der Waals surface area contributed by atoms with E-state index in [0.717, 1.165) is 27.6 Å². The second-order valence-electron chi connectivity index (χ2n) is 6.12. The molecular formula is C19H18ClNO. The van der Waals surface area contributed by atoms with Gasteiger partial charge in [0.1, 0.15) is 5.15 Å². The van der Waals surface area contributed by atoms with E-state index < -0.39 is 5.60 Å². The number of aliphatic hydroxyl groups is 1. The zero-order chi connectivity index (χ0) is 15.9. The highest BCUT2D eigenvalue weighted by Crippen LogP contribution is 2.36. The van der Waals surface area contributed by atoms with Crippen molar-refractivity contribution in [1.82, 2.24) is 4.98 Å². The first kappa shape index (κ1) is 15.0. The first-order valence-electron chi connectivity index (χ1n) is 7.25. The van der Waals surface area contributed by atoms with Crippen molar-refractivity contribution in [3.05, 3.63) is 64.8 Å². The summed E-state index contributed by atoms with van der Waals surface area (Å²) in [6.45, 7) is 5.64. The highest BCUT2D eigenvalue weighted by molar-refractivity contribution is 6.30. The molecule has 1 aromatic heterocycles. The van der Waals surface area contributed by atoms with Gasteiger partial charge in [0.05, 0.1) is 11.1 Å². The van der Waals surface area contributed by atoms with Crippen molar-refractivity contribution in [1.29, 1.82) is 0 Å². The lowest BCUT2D eigenvalue weighted by Gasteiger charge is -2.22. The molecule has 112 valence electrons. The van der Waals surface area contributed by atoms with Gasteiger partial charge >= 0.3 is 0 Å². The molecule has 1 N–H and O–H groups in total. The lowest BCUT2D eigenvalue weighted by Crippen LogP contribution is -2.16. The second-order valence-corrected chi connectivity index (χ2v) is 6.50. The van der Waals surface area contributed by atoms with Crippen LogP contribution in [-0.4, -0.2) is 10.1 Å². The largest absolute Gasteiger partial charge is 0.386 e. The van der Waals surface area contributed by atoms with Gasteiger partial charge in [0.25, 0.3) is 0 Å². The number of nitrogens with zero attached hydrogens (tertiary/aromatic N) is 1. The summed E-state index contributed by atoms with van der Waals surface area (Å²) >= 11 is 6.21. The van der Waals surface area contributed by atoms with E-state index in [2.05, 4.69) is 18.0 Å². The van der Waals surface area contributed by atoms with Crippen molar-refractivity contribution in [2.24, 2.45) is 0 Å². The zero-order valence-corrected chi connectivity index (χ0v) is 13.6. The van der Waals surface area contributed by atoms with E-state index >= 15 is 0 Å². The van der Waals surface area contributed by atoms with Gasteiger partial charge in [0.2, 0.25) is 0 Å². The van der Waals surface area contributed by atoms with Crippen LogP contribution in [0.25, 0.3) is 22.0 Å². The molecule has 0 spiro atoms. The topological polar surface area (TPSA) is 33.1 Å². The van der Waals surface area contributed by atoms with Gasteiger partial charge in [-0.05, 0) is 55.7 Å². The fourth-order valence-electron chi connectivity index (χ4n) is 2.78. The quantitative estimate of drug-likeness (QED) is 0.669. The van der Waals surface area contributed by atoms with E-state index in [4.69, 9.17) is 11.6 Å². The third-order valence-electron chi connectivity index (χ3n) is 3.81. The molecule has 0 atom stereocenters. The van der Waals surface area contributed by atoms with Crippen LogP contribution in [0.4, 0.5) is 0 Å². The Morgan fingerprint density at radius 2 is 1.73 bits per heavy atom. The van der Waals surface area contributed by atoms with Crippen molar-refractivity contribution in [2.75, 3.05) is 0 Å². The molecule has 3 aromatic rings. The van der Waals surface area contributed by atoms with Crippen LogP contribution in [0.5, 0.6) is 0 Å². The Balaban J connectivity index is 2.38. The standard InChI is InChI=1S/C19H18ClNO/c1-12-8-9-17-15(10-12)14(11-18(20)21-17)13-6-4-5-7-16(13)19(2,3)22/h4-11,22H,1-3H3. The summed E-state index contributed by atoms with van der Waals surface area (Å²) in [6.07, 6.45) is 0. The summed E-state index contributed by atoms with van der Waals surface area (Å²) in [7, 11) is 0. The van der Waals surface area contributed by atoms with E-state index in [1.807, 2.05) is 42.5 Å². The number of halogens is 1. The number of fused-ring (bicyclic) bond motifs is 1. The van der Waals surface area contributed by atoms with Crippen molar-refractivity contribution >= 4 is 22.5 Å². The third-order valence-corrected chi connectivity index (χ3v) is 4.00. The molecule has 0 saturated carbocycles. The second kappa shape index (κ2) is 5.38. The van der Waals surface area contributed by atoms with Gasteiger partial charge in [-0.15, -0.1) is 0 Å². The van der Waals surface area contributed by atoms with Crippen LogP contribution in [0.1, 0.15) is 25.0 Å². The number of pyridine rings is 1. The number of hydrogen-bond donors (Lipinski definition) is 1. The molecule has 0 saturated heterocycles. The molecule has 0 aliphatic carbocycles. The Hall–Kier alpha value is -1.90. The molecule has 3 rings (SSSR count). The summed E-state index contributed by atoms with van der Waals surface area (Å²) in [5.74, 6) is 0. The Kier molecular flexibility index (Phi) is 3.67. The van der Waals surface area contributed by atoms with Crippen LogP contribution in [-0.2, 0) is 5.60 Å². The monoisotopic (exact) mass is 311 g/mol. The Bertz CT molecular complexity index is 850. The molecule has 0 aliphatic rings. The predicted molar refractivity (Wildman–Crippen MR) is 92.2 cm³/mol. The van der Waals surface area contributed by atoms with Crippen molar-refractivity contribution in [3.8, 4) is 11.1 Å². The molecule has 1 heterocycles. The van der Waals surface area contributed by atoms with Crippen molar-refractivity contribution in [3.63, 3.8) is 0 Å². The molecule has 0 bridgehead atoms. The SMILES string of the molecule is Cc1ccc2nc(Cl)cc(-c3ccccc3C(C)(C)O)c2c1. The van der Waals surface area contributed by atoms with Crippen LogP contribution in [0.15, 0.2) is 48.5 Å². The van der Waals surface area contributed by atoms with E-state index in [9.17, 15) is 5.11 Å². The molecule has 0 amide bonds. The molecule has 22 heavy (non-hydrogen) atoms. The molecule has 0 fully saturated rings. The zero-order valence-electron chi connectivity index (χ0n) is 12.9. The molecule has 3 heteroatoms. The van der Waals surface area contributed by atoms with E-state index in [0.29, 0.717) is 5.15 Å². The van der Waals surface area contributed by atoms with Gasteiger partial charge in [0, 0.05) is 5.39 Å². The number of rotatable bonds is 2. The number of aryl methyl sites for hydroxylation is 1. The lowest BCUT2D eigenvalue weighted by atomic mass is 9.88. The van der Waals surface area contributed by atoms with Gasteiger partial charge in [-0.1, -0.05) is 47.5 Å². The fourth-order valence-corrected chi connectivity index (χ4v) is 2.98. The van der Waals surface area contributed by atoms with E-state index in [-0.39, 0.29) is 0 Å². The lowest BCUT2D eigenvalue weighted by molar-refractivity contribution is 0.0792. The summed E-state index contributed by atoms with van der Waals surface area (Å²) in [5.41, 5.74) is 3.95. The predicted octanol–water partition coefficient (Wildman–Crippen LogP) is 5.09. The number of hydrogen-bond acceptors (Lipinski definition) is 2. The number of benzene rings is 2. The fraction of sp³-hybridized carbons (Fsp3) is 0.211. The molecule has 0 unspecified atom stereocenters. The molecule has 0 radical (unpaired) electrons. The van der Waals surface area contributed by atoms with Crippen LogP contribution in [0.3, 0.4) is 0 Å². The average molecular weight is 312 g/mol. The Morgan fingerprint density at radius 3 is 2.45 bits per heavy atom. The summed E-state index contributed by atoms with van der Waals surface area (Å²) in [5, 5.41) is 12.0. The van der Waals surface area contributed by atoms with Gasteiger partial charge < -0.3 is 5.11 Å². The van der Waals surface area contributed by atoms with Crippen LogP contribution in [0.2, 0.25) is 5.15 Å². The highest BCUT2D eigenvalue weighted by Gasteiger charge is 2.21. The summed E-state index contributed by atoms with van der Waals surface area (Å²) < 4.78 is 0. The van der Waals surface area contributed by atoms with Crippen molar-refractivity contribution < 1.29 is 5.11 Å². The maximum absolute atomic E-state index is 10.5. The number of aromatic nitrogens is 1. The van der Waals surface area contributed by atoms with Crippen LogP contribution >= 0.6 is 11.6 Å². The van der Waals surface area contributed by atoms with E-state index in [1.54, 1.807) is 13.8 Å². The third kappa shape index (κ3) is 2.72. The highest BCUT2D eigenvalue weighted by atomic mass is 35.5. The molecular weight excluding hydrogens is 294 g/mol. The molecule has 2 nitrogen and oxygen atoms in total. The van der Waals surface area contributed by atoms with Gasteiger partial charge in [-0.25, -0.2) is 4.98 Å². The van der Waals surface area contributed by atoms with Gasteiger partial charge in [0.15, 0.2) is 0 Å². The van der Waals surface area contributed by atoms with Crippen molar-refractivity contribution in [2.45, 2.75) is 26.4 Å². The Morgan fingerprint density at radius 1 is 1.00 bits per heavy atom. The molecule has 2 aromatic carbocycles. The minimum atomic E-state index is -0.928. The minimum Gasteiger partial charge on any atom is -0.386 e. The maximum Gasteiger partial charge on any atom is 0.130 e. The van der Waals surface area contributed by atoms with Gasteiger partial charge in [-0.3, -0.25) is 0 Å².